The van der Waals surface area contributed by atoms with Crippen molar-refractivity contribution in [2.75, 3.05) is 26.7 Å². The molecule has 2 unspecified atom stereocenters. The fraction of sp³-hybridized carbons (Fsp3) is 0.364. The molecule has 1 N–H and O–H groups in total. The molecule has 152 valence electrons. The first-order chi connectivity index (χ1) is 14.0. The van der Waals surface area contributed by atoms with E-state index in [1.165, 1.54) is 0 Å². The number of amidine groups is 1. The maximum absolute atomic E-state index is 11.8. The Kier molecular flexibility index (Phi) is 5.48. The minimum Gasteiger partial charge on any atom is -0.481 e. The van der Waals surface area contributed by atoms with Crippen LogP contribution in [-0.2, 0) is 4.79 Å². The molecule has 7 heteroatoms. The number of benzene rings is 2. The molecule has 4 rings (SSSR count). The summed E-state index contributed by atoms with van der Waals surface area (Å²) < 4.78 is 6.13. The van der Waals surface area contributed by atoms with Gasteiger partial charge < -0.3 is 14.7 Å². The lowest BCUT2D eigenvalue weighted by atomic mass is 9.93. The first-order valence-electron chi connectivity index (χ1n) is 9.81. The van der Waals surface area contributed by atoms with Gasteiger partial charge in [-0.2, -0.15) is 0 Å². The number of halogens is 1. The van der Waals surface area contributed by atoms with E-state index in [1.54, 1.807) is 12.1 Å². The Bertz CT molecular complexity index is 962. The SMILES string of the molecule is CCC(C(=O)O)C1CN(C2=Nc3cc(Cl)ccc3Oc3ccccc32)CCN1C. The van der Waals surface area contributed by atoms with Crippen LogP contribution in [0, 0.1) is 5.92 Å². The first kappa shape index (κ1) is 19.7. The molecule has 0 amide bonds. The van der Waals surface area contributed by atoms with Gasteiger partial charge in [0.2, 0.25) is 0 Å². The van der Waals surface area contributed by atoms with Gasteiger partial charge in [-0.25, -0.2) is 4.99 Å². The normalized spacial score (nSPS) is 20.0. The van der Waals surface area contributed by atoms with Gasteiger partial charge in [-0.05, 0) is 43.8 Å². The van der Waals surface area contributed by atoms with E-state index < -0.39 is 11.9 Å². The zero-order chi connectivity index (χ0) is 20.5. The molecule has 1 saturated heterocycles. The Morgan fingerprint density at radius 2 is 2.07 bits per heavy atom. The second kappa shape index (κ2) is 8.05. The summed E-state index contributed by atoms with van der Waals surface area (Å²) in [7, 11) is 1.99. The summed E-state index contributed by atoms with van der Waals surface area (Å²) in [5.74, 6) is 0.991. The average Bonchev–Trinajstić information content (AvgIpc) is 2.86. The number of rotatable bonds is 3. The minimum atomic E-state index is -0.755. The molecule has 0 aromatic heterocycles. The van der Waals surface area contributed by atoms with Gasteiger partial charge in [0, 0.05) is 30.7 Å². The zero-order valence-electron chi connectivity index (χ0n) is 16.5. The molecule has 2 atom stereocenters. The van der Waals surface area contributed by atoms with Gasteiger partial charge >= 0.3 is 5.97 Å². The number of nitrogens with zero attached hydrogens (tertiary/aromatic N) is 3. The molecule has 2 aromatic carbocycles. The molecular weight excluding hydrogens is 390 g/mol. The van der Waals surface area contributed by atoms with E-state index in [9.17, 15) is 9.90 Å². The van der Waals surface area contributed by atoms with E-state index in [-0.39, 0.29) is 6.04 Å². The number of hydrogen-bond acceptors (Lipinski definition) is 5. The van der Waals surface area contributed by atoms with E-state index in [1.807, 2.05) is 44.3 Å². The van der Waals surface area contributed by atoms with Crippen LogP contribution in [0.15, 0.2) is 47.5 Å². The highest BCUT2D eigenvalue weighted by molar-refractivity contribution is 6.31. The van der Waals surface area contributed by atoms with Crippen molar-refractivity contribution >= 4 is 29.1 Å². The smallest absolute Gasteiger partial charge is 0.308 e. The van der Waals surface area contributed by atoms with Gasteiger partial charge in [-0.1, -0.05) is 30.7 Å². The molecule has 1 fully saturated rings. The van der Waals surface area contributed by atoms with Crippen molar-refractivity contribution in [1.82, 2.24) is 9.80 Å². The Balaban J connectivity index is 1.76. The van der Waals surface area contributed by atoms with Gasteiger partial charge in [-0.15, -0.1) is 0 Å². The molecule has 2 heterocycles. The first-order valence-corrected chi connectivity index (χ1v) is 10.2. The molecule has 0 spiro atoms. The molecule has 2 aliphatic heterocycles. The highest BCUT2D eigenvalue weighted by atomic mass is 35.5. The number of aliphatic carboxylic acids is 1. The molecule has 0 radical (unpaired) electrons. The van der Waals surface area contributed by atoms with Crippen molar-refractivity contribution in [1.29, 1.82) is 0 Å². The lowest BCUT2D eigenvalue weighted by Crippen LogP contribution is -2.57. The molecule has 6 nitrogen and oxygen atoms in total. The molecule has 0 aliphatic carbocycles. The van der Waals surface area contributed by atoms with Crippen molar-refractivity contribution in [2.45, 2.75) is 19.4 Å². The average molecular weight is 414 g/mol. The van der Waals surface area contributed by atoms with E-state index in [4.69, 9.17) is 21.3 Å². The predicted molar refractivity (Wildman–Crippen MR) is 114 cm³/mol. The van der Waals surface area contributed by atoms with Crippen LogP contribution in [0.4, 0.5) is 5.69 Å². The molecule has 0 bridgehead atoms. The quantitative estimate of drug-likeness (QED) is 0.814. The fourth-order valence-corrected chi connectivity index (χ4v) is 4.24. The zero-order valence-corrected chi connectivity index (χ0v) is 17.3. The maximum atomic E-state index is 11.8. The summed E-state index contributed by atoms with van der Waals surface area (Å²) in [6, 6.07) is 13.1. The van der Waals surface area contributed by atoms with Crippen molar-refractivity contribution in [3.05, 3.63) is 53.1 Å². The van der Waals surface area contributed by atoms with E-state index in [0.29, 0.717) is 29.4 Å². The maximum Gasteiger partial charge on any atom is 0.308 e. The largest absolute Gasteiger partial charge is 0.481 e. The van der Waals surface area contributed by atoms with E-state index >= 15 is 0 Å². The molecule has 29 heavy (non-hydrogen) atoms. The molecule has 2 aromatic rings. The van der Waals surface area contributed by atoms with Crippen LogP contribution in [0.25, 0.3) is 0 Å². The van der Waals surface area contributed by atoms with Crippen LogP contribution in [-0.4, -0.2) is 59.4 Å². The number of aliphatic imine (C=N–C) groups is 1. The van der Waals surface area contributed by atoms with Gasteiger partial charge in [0.1, 0.15) is 17.3 Å². The fourth-order valence-electron chi connectivity index (χ4n) is 4.08. The number of ether oxygens (including phenoxy) is 1. The van der Waals surface area contributed by atoms with Crippen LogP contribution in [0.3, 0.4) is 0 Å². The predicted octanol–water partition coefficient (Wildman–Crippen LogP) is 4.25. The number of carbonyl (C=O) groups is 1. The summed E-state index contributed by atoms with van der Waals surface area (Å²) in [4.78, 5) is 21.0. The van der Waals surface area contributed by atoms with Gasteiger partial charge in [0.15, 0.2) is 5.75 Å². The third kappa shape index (κ3) is 3.82. The lowest BCUT2D eigenvalue weighted by molar-refractivity contribution is -0.145. The van der Waals surface area contributed by atoms with Crippen LogP contribution < -0.4 is 4.74 Å². The number of fused-ring (bicyclic) bond motifs is 2. The summed E-state index contributed by atoms with van der Waals surface area (Å²) in [5, 5.41) is 10.3. The van der Waals surface area contributed by atoms with Gasteiger partial charge in [0.25, 0.3) is 0 Å². The summed E-state index contributed by atoms with van der Waals surface area (Å²) in [6.45, 7) is 4.03. The molecule has 0 saturated carbocycles. The van der Waals surface area contributed by atoms with E-state index in [2.05, 4.69) is 9.80 Å². The summed E-state index contributed by atoms with van der Waals surface area (Å²) in [6.07, 6.45) is 0.586. The highest BCUT2D eigenvalue weighted by Gasteiger charge is 2.36. The standard InChI is InChI=1S/C22H24ClN3O3/c1-3-15(22(27)28)18-13-26(11-10-25(18)2)21-16-6-4-5-7-19(16)29-20-9-8-14(23)12-17(20)24-21/h4-9,12,15,18H,3,10-11,13H2,1-2H3,(H,27,28). The number of likely N-dealkylation sites (N-methyl/N-ethyl adjacent to an activating group) is 1. The third-order valence-corrected chi connectivity index (χ3v) is 5.95. The summed E-state index contributed by atoms with van der Waals surface area (Å²) >= 11 is 6.20. The van der Waals surface area contributed by atoms with Crippen LogP contribution in [0.1, 0.15) is 18.9 Å². The second-order valence-corrected chi connectivity index (χ2v) is 7.93. The number of para-hydroxylation sites is 1. The van der Waals surface area contributed by atoms with Crippen molar-refractivity contribution in [3.63, 3.8) is 0 Å². The van der Waals surface area contributed by atoms with Crippen molar-refractivity contribution in [3.8, 4) is 11.5 Å². The Labute approximate surface area is 175 Å². The van der Waals surface area contributed by atoms with Crippen LogP contribution in [0.5, 0.6) is 11.5 Å². The molecular formula is C22H24ClN3O3. The van der Waals surface area contributed by atoms with Crippen LogP contribution >= 0.6 is 11.6 Å². The third-order valence-electron chi connectivity index (χ3n) is 5.71. The number of hydrogen-bond donors (Lipinski definition) is 1. The van der Waals surface area contributed by atoms with Crippen molar-refractivity contribution in [2.24, 2.45) is 10.9 Å². The topological polar surface area (TPSA) is 65.4 Å². The number of piperazine rings is 1. The van der Waals surface area contributed by atoms with Crippen LogP contribution in [0.2, 0.25) is 5.02 Å². The van der Waals surface area contributed by atoms with Gasteiger partial charge in [-0.3, -0.25) is 9.69 Å². The van der Waals surface area contributed by atoms with Crippen molar-refractivity contribution < 1.29 is 14.6 Å². The van der Waals surface area contributed by atoms with Gasteiger partial charge in [0.05, 0.1) is 11.5 Å². The lowest BCUT2D eigenvalue weighted by Gasteiger charge is -2.43. The number of carboxylic acid groups (broad SMARTS) is 1. The Morgan fingerprint density at radius 3 is 2.83 bits per heavy atom. The molecule has 2 aliphatic rings. The Morgan fingerprint density at radius 1 is 1.28 bits per heavy atom. The highest BCUT2D eigenvalue weighted by Crippen LogP contribution is 2.39. The Hall–Kier alpha value is -2.57. The summed E-state index contributed by atoms with van der Waals surface area (Å²) in [5.41, 5.74) is 1.57. The second-order valence-electron chi connectivity index (χ2n) is 7.49. The number of carboxylic acids is 1. The van der Waals surface area contributed by atoms with E-state index in [0.717, 1.165) is 30.2 Å². The monoisotopic (exact) mass is 413 g/mol. The minimum absolute atomic E-state index is 0.0934.